The molecule has 27 heavy (non-hydrogen) atoms. The maximum absolute atomic E-state index is 12.0. The van der Waals surface area contributed by atoms with Crippen molar-refractivity contribution in [1.82, 2.24) is 5.32 Å². The Hall–Kier alpha value is -3.19. The molecule has 0 amide bonds. The molecule has 142 valence electrons. The topological polar surface area (TPSA) is 90.7 Å². The highest BCUT2D eigenvalue weighted by atomic mass is 16.6. The summed E-state index contributed by atoms with van der Waals surface area (Å²) in [5.74, 6) is 0.199. The molecule has 0 spiro atoms. The monoisotopic (exact) mass is 370 g/mol. The highest BCUT2D eigenvalue weighted by Gasteiger charge is 2.24. The summed E-state index contributed by atoms with van der Waals surface area (Å²) >= 11 is 0. The van der Waals surface area contributed by atoms with E-state index in [1.165, 1.54) is 19.2 Å². The van der Waals surface area contributed by atoms with Crippen LogP contribution in [0, 0.1) is 10.1 Å². The fourth-order valence-electron chi connectivity index (χ4n) is 2.67. The molecule has 0 aliphatic heterocycles. The van der Waals surface area contributed by atoms with Crippen molar-refractivity contribution in [2.75, 3.05) is 14.2 Å². The second kappa shape index (κ2) is 8.95. The van der Waals surface area contributed by atoms with Gasteiger partial charge in [-0.15, -0.1) is 0 Å². The van der Waals surface area contributed by atoms with E-state index in [0.29, 0.717) is 5.56 Å². The first-order valence-electron chi connectivity index (χ1n) is 8.28. The van der Waals surface area contributed by atoms with Crippen LogP contribution in [-0.4, -0.2) is 25.1 Å². The number of esters is 1. The lowest BCUT2D eigenvalue weighted by molar-refractivity contribution is -0.384. The second-order valence-corrected chi connectivity index (χ2v) is 5.96. The van der Waals surface area contributed by atoms with E-state index in [1.807, 2.05) is 31.2 Å². The number of non-ortho nitro benzene ring substituents is 1. The van der Waals surface area contributed by atoms with Gasteiger partial charge in [-0.3, -0.25) is 15.4 Å². The molecule has 0 saturated carbocycles. The lowest BCUT2D eigenvalue weighted by Gasteiger charge is -2.25. The number of methoxy groups -OCH3 is 2. The third kappa shape index (κ3) is 4.92. The Balaban J connectivity index is 2.29. The standard InChI is InChI=1S/C20H22N2O5/c1-13(20(23)27-4)19(16-5-9-17(10-6-16)22(24)25)21-14(2)15-7-11-18(26-3)12-8-15/h5-12,14,19,21H,1H2,2-4H3/t14-,19+/m0/s1. The van der Waals surface area contributed by atoms with Crippen LogP contribution in [0.2, 0.25) is 0 Å². The van der Waals surface area contributed by atoms with E-state index >= 15 is 0 Å². The molecule has 2 rings (SSSR count). The fraction of sp³-hybridized carbons (Fsp3) is 0.250. The van der Waals surface area contributed by atoms with E-state index in [2.05, 4.69) is 11.9 Å². The average Bonchev–Trinajstić information content (AvgIpc) is 2.70. The van der Waals surface area contributed by atoms with Crippen LogP contribution in [0.25, 0.3) is 0 Å². The molecular weight excluding hydrogens is 348 g/mol. The molecule has 0 bridgehead atoms. The van der Waals surface area contributed by atoms with E-state index < -0.39 is 16.9 Å². The van der Waals surface area contributed by atoms with Crippen LogP contribution in [0.4, 0.5) is 5.69 Å². The zero-order valence-electron chi connectivity index (χ0n) is 15.5. The van der Waals surface area contributed by atoms with Gasteiger partial charge in [0.1, 0.15) is 5.75 Å². The Labute approximate surface area is 157 Å². The van der Waals surface area contributed by atoms with Crippen molar-refractivity contribution < 1.29 is 19.2 Å². The molecule has 0 heterocycles. The van der Waals surface area contributed by atoms with Crippen molar-refractivity contribution in [2.45, 2.75) is 19.0 Å². The summed E-state index contributed by atoms with van der Waals surface area (Å²) in [6.07, 6.45) is 0. The number of hydrogen-bond acceptors (Lipinski definition) is 6. The lowest BCUT2D eigenvalue weighted by Crippen LogP contribution is -2.29. The van der Waals surface area contributed by atoms with Gasteiger partial charge in [-0.25, -0.2) is 4.79 Å². The lowest BCUT2D eigenvalue weighted by atomic mass is 9.97. The van der Waals surface area contributed by atoms with E-state index in [1.54, 1.807) is 19.2 Å². The first-order chi connectivity index (χ1) is 12.9. The van der Waals surface area contributed by atoms with Crippen molar-refractivity contribution in [3.63, 3.8) is 0 Å². The van der Waals surface area contributed by atoms with Crippen LogP contribution in [0.1, 0.15) is 30.1 Å². The number of hydrogen-bond donors (Lipinski definition) is 1. The first kappa shape index (κ1) is 20.1. The fourth-order valence-corrected chi connectivity index (χ4v) is 2.67. The van der Waals surface area contributed by atoms with Gasteiger partial charge >= 0.3 is 5.97 Å². The Morgan fingerprint density at radius 2 is 1.63 bits per heavy atom. The van der Waals surface area contributed by atoms with Crippen LogP contribution < -0.4 is 10.1 Å². The van der Waals surface area contributed by atoms with Crippen molar-refractivity contribution >= 4 is 11.7 Å². The van der Waals surface area contributed by atoms with Crippen LogP contribution in [-0.2, 0) is 9.53 Å². The van der Waals surface area contributed by atoms with E-state index in [4.69, 9.17) is 9.47 Å². The normalized spacial score (nSPS) is 12.7. The molecule has 2 aromatic rings. The van der Waals surface area contributed by atoms with E-state index in [-0.39, 0.29) is 17.3 Å². The highest BCUT2D eigenvalue weighted by molar-refractivity contribution is 5.89. The number of benzene rings is 2. The number of nitro groups is 1. The van der Waals surface area contributed by atoms with Gasteiger partial charge in [-0.1, -0.05) is 30.8 Å². The summed E-state index contributed by atoms with van der Waals surface area (Å²) in [6.45, 7) is 5.79. The van der Waals surface area contributed by atoms with Crippen molar-refractivity contribution in [3.05, 3.63) is 81.9 Å². The molecule has 0 unspecified atom stereocenters. The number of nitrogens with one attached hydrogen (secondary N) is 1. The molecule has 1 N–H and O–H groups in total. The van der Waals surface area contributed by atoms with Crippen molar-refractivity contribution in [2.24, 2.45) is 0 Å². The van der Waals surface area contributed by atoms with Gasteiger partial charge in [0.05, 0.1) is 30.8 Å². The zero-order chi connectivity index (χ0) is 20.0. The predicted molar refractivity (Wildman–Crippen MR) is 102 cm³/mol. The quantitative estimate of drug-likeness (QED) is 0.330. The Bertz CT molecular complexity index is 815. The SMILES string of the molecule is C=C(C(=O)OC)[C@@H](N[C@@H](C)c1ccc(OC)cc1)c1ccc([N+](=O)[O-])cc1. The van der Waals surface area contributed by atoms with Gasteiger partial charge < -0.3 is 9.47 Å². The van der Waals surface area contributed by atoms with Crippen molar-refractivity contribution in [1.29, 1.82) is 0 Å². The summed E-state index contributed by atoms with van der Waals surface area (Å²) in [7, 11) is 2.88. The third-order valence-corrected chi connectivity index (χ3v) is 4.27. The number of carbonyl (C=O) groups is 1. The number of carbonyl (C=O) groups excluding carboxylic acids is 1. The van der Waals surface area contributed by atoms with Gasteiger partial charge in [0, 0.05) is 18.2 Å². The van der Waals surface area contributed by atoms with E-state index in [0.717, 1.165) is 11.3 Å². The predicted octanol–water partition coefficient (Wildman–Crippen LogP) is 3.72. The zero-order valence-corrected chi connectivity index (χ0v) is 15.5. The van der Waals surface area contributed by atoms with Gasteiger partial charge in [-0.05, 0) is 30.2 Å². The largest absolute Gasteiger partial charge is 0.497 e. The molecule has 7 heteroatoms. The Morgan fingerprint density at radius 1 is 1.07 bits per heavy atom. The molecule has 0 aromatic heterocycles. The Kier molecular flexibility index (Phi) is 6.67. The molecule has 0 fully saturated rings. The molecule has 0 radical (unpaired) electrons. The molecule has 0 saturated heterocycles. The smallest absolute Gasteiger partial charge is 0.335 e. The van der Waals surface area contributed by atoms with E-state index in [9.17, 15) is 14.9 Å². The van der Waals surface area contributed by atoms with Gasteiger partial charge in [0.15, 0.2) is 0 Å². The summed E-state index contributed by atoms with van der Waals surface area (Å²) < 4.78 is 9.95. The number of ether oxygens (including phenoxy) is 2. The van der Waals surface area contributed by atoms with Crippen LogP contribution in [0.15, 0.2) is 60.7 Å². The molecule has 7 nitrogen and oxygen atoms in total. The molecule has 2 atom stereocenters. The van der Waals surface area contributed by atoms with Crippen molar-refractivity contribution in [3.8, 4) is 5.75 Å². The summed E-state index contributed by atoms with van der Waals surface area (Å²) in [6, 6.07) is 12.9. The number of nitrogens with zero attached hydrogens (tertiary/aromatic N) is 1. The van der Waals surface area contributed by atoms with Gasteiger partial charge in [-0.2, -0.15) is 0 Å². The van der Waals surface area contributed by atoms with Gasteiger partial charge in [0.25, 0.3) is 5.69 Å². The number of nitro benzene ring substituents is 1. The molecular formula is C20H22N2O5. The van der Waals surface area contributed by atoms with Crippen LogP contribution >= 0.6 is 0 Å². The Morgan fingerprint density at radius 3 is 2.11 bits per heavy atom. The maximum Gasteiger partial charge on any atom is 0.335 e. The molecule has 0 aliphatic rings. The minimum absolute atomic E-state index is 0.0237. The average molecular weight is 370 g/mol. The van der Waals surface area contributed by atoms with Gasteiger partial charge in [0.2, 0.25) is 0 Å². The summed E-state index contributed by atoms with van der Waals surface area (Å²) in [4.78, 5) is 22.4. The number of rotatable bonds is 8. The summed E-state index contributed by atoms with van der Waals surface area (Å²) in [5, 5.41) is 14.2. The highest BCUT2D eigenvalue weighted by Crippen LogP contribution is 2.28. The van der Waals surface area contributed by atoms with Crippen LogP contribution in [0.3, 0.4) is 0 Å². The molecule has 2 aromatic carbocycles. The molecule has 0 aliphatic carbocycles. The minimum Gasteiger partial charge on any atom is -0.497 e. The maximum atomic E-state index is 12.0. The second-order valence-electron chi connectivity index (χ2n) is 5.96. The summed E-state index contributed by atoms with van der Waals surface area (Å²) in [5.41, 5.74) is 1.85. The van der Waals surface area contributed by atoms with Crippen LogP contribution in [0.5, 0.6) is 5.75 Å². The first-order valence-corrected chi connectivity index (χ1v) is 8.28. The third-order valence-electron chi connectivity index (χ3n) is 4.27. The minimum atomic E-state index is -0.560.